The van der Waals surface area contributed by atoms with Gasteiger partial charge in [0.2, 0.25) is 5.91 Å². The third-order valence-corrected chi connectivity index (χ3v) is 5.96. The van der Waals surface area contributed by atoms with Crippen molar-refractivity contribution in [3.05, 3.63) is 58.1 Å². The Kier molecular flexibility index (Phi) is 5.01. The van der Waals surface area contributed by atoms with Gasteiger partial charge in [0.1, 0.15) is 10.6 Å². The van der Waals surface area contributed by atoms with Crippen LogP contribution in [0.3, 0.4) is 0 Å². The Morgan fingerprint density at radius 2 is 1.96 bits per heavy atom. The largest absolute Gasteiger partial charge is 0.494 e. The molecule has 2 aromatic rings. The van der Waals surface area contributed by atoms with Crippen LogP contribution in [0.15, 0.2) is 47.4 Å². The molecule has 0 saturated carbocycles. The summed E-state index contributed by atoms with van der Waals surface area (Å²) < 4.78 is 30.6. The van der Waals surface area contributed by atoms with Crippen LogP contribution in [0.2, 0.25) is 0 Å². The third-order valence-electron chi connectivity index (χ3n) is 4.12. The summed E-state index contributed by atoms with van der Waals surface area (Å²) in [6, 6.07) is 9.48. The molecule has 11 heteroatoms. The fourth-order valence-corrected chi connectivity index (χ4v) is 4.33. The Bertz CT molecular complexity index is 1080. The van der Waals surface area contributed by atoms with Gasteiger partial charge in [0.15, 0.2) is 0 Å². The number of carbonyl (C=O) groups excluding carboxylic acids is 2. The number of nitro benzene ring substituents is 1. The Hall–Kier alpha value is -3.47. The molecule has 0 atom stereocenters. The van der Waals surface area contributed by atoms with E-state index in [1.54, 1.807) is 6.07 Å². The molecule has 10 nitrogen and oxygen atoms in total. The number of non-ortho nitro benzene ring substituents is 1. The fourth-order valence-electron chi connectivity index (χ4n) is 2.76. The predicted octanol–water partition coefficient (Wildman–Crippen LogP) is 1.78. The minimum atomic E-state index is -3.99. The summed E-state index contributed by atoms with van der Waals surface area (Å²) >= 11 is 0. The average Bonchev–Trinajstić information content (AvgIpc) is 2.86. The van der Waals surface area contributed by atoms with Gasteiger partial charge in [-0.2, -0.15) is 0 Å². The zero-order chi connectivity index (χ0) is 20.5. The number of nitro groups is 1. The Morgan fingerprint density at radius 1 is 1.25 bits per heavy atom. The number of nitrogens with one attached hydrogen (secondary N) is 1. The minimum absolute atomic E-state index is 0.0694. The molecule has 1 aliphatic rings. The van der Waals surface area contributed by atoms with Crippen molar-refractivity contribution in [1.29, 1.82) is 0 Å². The smallest absolute Gasteiger partial charge is 0.273 e. The summed E-state index contributed by atoms with van der Waals surface area (Å²) in [4.78, 5) is 34.6. The third kappa shape index (κ3) is 3.39. The highest BCUT2D eigenvalue weighted by atomic mass is 32.2. The molecule has 0 unspecified atom stereocenters. The fraction of sp³-hybridized carbons (Fsp3) is 0.176. The van der Waals surface area contributed by atoms with Gasteiger partial charge in [0.05, 0.1) is 29.4 Å². The Balaban J connectivity index is 1.70. The number of benzene rings is 2. The Morgan fingerprint density at radius 3 is 2.61 bits per heavy atom. The molecular formula is C17H15N3O7S. The molecule has 0 radical (unpaired) electrons. The second kappa shape index (κ2) is 7.27. The number of hydrogen-bond donors (Lipinski definition) is 1. The zero-order valence-corrected chi connectivity index (χ0v) is 15.4. The lowest BCUT2D eigenvalue weighted by Gasteiger charge is -2.15. The standard InChI is InChI=1S/C17H15N3O7S/c1-27-14-10-11(20(23)24)6-7-13(14)18-16(21)8-9-19-17(22)12-4-2-3-5-15(12)28(19,25)26/h2-7,10H,8-9H2,1H3,(H,18,21). The number of sulfonamides is 1. The first-order chi connectivity index (χ1) is 13.3. The second-order valence-electron chi connectivity index (χ2n) is 5.82. The van der Waals surface area contributed by atoms with Crippen LogP contribution in [-0.4, -0.2) is 43.1 Å². The second-order valence-corrected chi connectivity index (χ2v) is 7.65. The van der Waals surface area contributed by atoms with Crippen LogP contribution in [0.25, 0.3) is 0 Å². The molecule has 2 amide bonds. The quantitative estimate of drug-likeness (QED) is 0.571. The number of methoxy groups -OCH3 is 1. The molecule has 0 fully saturated rings. The molecule has 0 bridgehead atoms. The van der Waals surface area contributed by atoms with Gasteiger partial charge in [0, 0.05) is 19.0 Å². The van der Waals surface area contributed by atoms with Crippen LogP contribution in [0, 0.1) is 10.1 Å². The number of anilines is 1. The first-order valence-electron chi connectivity index (χ1n) is 8.04. The van der Waals surface area contributed by atoms with Crippen molar-refractivity contribution in [3.8, 4) is 5.75 Å². The lowest BCUT2D eigenvalue weighted by molar-refractivity contribution is -0.384. The van der Waals surface area contributed by atoms with E-state index < -0.39 is 26.8 Å². The van der Waals surface area contributed by atoms with Crippen LogP contribution in [0.1, 0.15) is 16.8 Å². The molecule has 1 aliphatic heterocycles. The number of rotatable bonds is 6. The number of amides is 2. The SMILES string of the molecule is COc1cc([N+](=O)[O-])ccc1NC(=O)CCN1C(=O)c2ccccc2S1(=O)=O. The highest BCUT2D eigenvalue weighted by molar-refractivity contribution is 7.90. The maximum atomic E-state index is 12.5. The van der Waals surface area contributed by atoms with Crippen LogP contribution in [-0.2, 0) is 14.8 Å². The molecule has 0 aliphatic carbocycles. The van der Waals surface area contributed by atoms with E-state index in [9.17, 15) is 28.1 Å². The van der Waals surface area contributed by atoms with E-state index in [1.807, 2.05) is 0 Å². The van der Waals surface area contributed by atoms with Gasteiger partial charge >= 0.3 is 0 Å². The molecule has 2 aromatic carbocycles. The molecule has 1 heterocycles. The van der Waals surface area contributed by atoms with Crippen molar-refractivity contribution in [2.75, 3.05) is 19.0 Å². The number of carbonyl (C=O) groups is 2. The molecule has 0 saturated heterocycles. The van der Waals surface area contributed by atoms with Crippen LogP contribution >= 0.6 is 0 Å². The van der Waals surface area contributed by atoms with E-state index in [0.717, 1.165) is 6.07 Å². The number of fused-ring (bicyclic) bond motifs is 1. The van der Waals surface area contributed by atoms with Gasteiger partial charge in [-0.15, -0.1) is 0 Å². The van der Waals surface area contributed by atoms with E-state index in [1.165, 1.54) is 37.4 Å². The van der Waals surface area contributed by atoms with Crippen molar-refractivity contribution >= 4 is 33.2 Å². The van der Waals surface area contributed by atoms with Crippen molar-refractivity contribution in [1.82, 2.24) is 4.31 Å². The highest BCUT2D eigenvalue weighted by Crippen LogP contribution is 2.31. The highest BCUT2D eigenvalue weighted by Gasteiger charge is 2.40. The van der Waals surface area contributed by atoms with Gasteiger partial charge < -0.3 is 10.1 Å². The molecule has 0 spiro atoms. The number of ether oxygens (including phenoxy) is 1. The Labute approximate surface area is 159 Å². The molecule has 28 heavy (non-hydrogen) atoms. The summed E-state index contributed by atoms with van der Waals surface area (Å²) in [7, 11) is -2.69. The lowest BCUT2D eigenvalue weighted by Crippen LogP contribution is -2.33. The summed E-state index contributed by atoms with van der Waals surface area (Å²) in [5, 5.41) is 13.3. The van der Waals surface area contributed by atoms with Crippen molar-refractivity contribution in [3.63, 3.8) is 0 Å². The average molecular weight is 405 g/mol. The van der Waals surface area contributed by atoms with Gasteiger partial charge in [-0.05, 0) is 18.2 Å². The molecule has 146 valence electrons. The maximum Gasteiger partial charge on any atom is 0.273 e. The monoisotopic (exact) mass is 405 g/mol. The van der Waals surface area contributed by atoms with Gasteiger partial charge in [-0.1, -0.05) is 12.1 Å². The number of nitrogens with zero attached hydrogens (tertiary/aromatic N) is 2. The van der Waals surface area contributed by atoms with Crippen molar-refractivity contribution < 1.29 is 27.7 Å². The van der Waals surface area contributed by atoms with Crippen LogP contribution in [0.4, 0.5) is 11.4 Å². The molecule has 0 aromatic heterocycles. The summed E-state index contributed by atoms with van der Waals surface area (Å²) in [6.07, 6.45) is -0.293. The van der Waals surface area contributed by atoms with E-state index in [2.05, 4.69) is 5.32 Å². The zero-order valence-electron chi connectivity index (χ0n) is 14.6. The van der Waals surface area contributed by atoms with Crippen LogP contribution in [0.5, 0.6) is 5.75 Å². The van der Waals surface area contributed by atoms with Gasteiger partial charge in [-0.3, -0.25) is 19.7 Å². The first-order valence-corrected chi connectivity index (χ1v) is 9.48. The predicted molar refractivity (Wildman–Crippen MR) is 97.6 cm³/mol. The van der Waals surface area contributed by atoms with E-state index in [4.69, 9.17) is 4.74 Å². The van der Waals surface area contributed by atoms with E-state index in [0.29, 0.717) is 4.31 Å². The van der Waals surface area contributed by atoms with Crippen molar-refractivity contribution in [2.45, 2.75) is 11.3 Å². The van der Waals surface area contributed by atoms with Crippen LogP contribution < -0.4 is 10.1 Å². The van der Waals surface area contributed by atoms with E-state index in [-0.39, 0.29) is 40.5 Å². The van der Waals surface area contributed by atoms with Gasteiger partial charge in [0.25, 0.3) is 21.6 Å². The minimum Gasteiger partial charge on any atom is -0.494 e. The molecule has 3 rings (SSSR count). The topological polar surface area (TPSA) is 136 Å². The molecular weight excluding hydrogens is 390 g/mol. The molecule has 1 N–H and O–H groups in total. The lowest BCUT2D eigenvalue weighted by atomic mass is 10.2. The van der Waals surface area contributed by atoms with Gasteiger partial charge in [-0.25, -0.2) is 12.7 Å². The summed E-state index contributed by atoms with van der Waals surface area (Å²) in [5.74, 6) is -1.18. The van der Waals surface area contributed by atoms with Crippen molar-refractivity contribution in [2.24, 2.45) is 0 Å². The first kappa shape index (κ1) is 19.3. The normalized spacial score (nSPS) is 14.5. The summed E-state index contributed by atoms with van der Waals surface area (Å²) in [6.45, 7) is -0.336. The van der Waals surface area contributed by atoms with E-state index >= 15 is 0 Å². The summed E-state index contributed by atoms with van der Waals surface area (Å²) in [5.41, 5.74) is 0.0540. The number of hydrogen-bond acceptors (Lipinski definition) is 7. The maximum absolute atomic E-state index is 12.5.